The van der Waals surface area contributed by atoms with Crippen molar-refractivity contribution in [2.24, 2.45) is 5.73 Å². The topological polar surface area (TPSA) is 29.3 Å². The number of hydrogen-bond donors (Lipinski definition) is 1. The maximum atomic E-state index is 6.33. The molecule has 1 aliphatic carbocycles. The van der Waals surface area contributed by atoms with Crippen molar-refractivity contribution in [3.63, 3.8) is 0 Å². The molecule has 1 aromatic rings. The van der Waals surface area contributed by atoms with E-state index in [4.69, 9.17) is 17.3 Å². The van der Waals surface area contributed by atoms with Gasteiger partial charge in [-0.1, -0.05) is 30.9 Å². The molecule has 0 aromatic heterocycles. The minimum absolute atomic E-state index is 0.149. The molecule has 1 aromatic carbocycles. The fraction of sp³-hybridized carbons (Fsp3) is 0.667. The number of anilines is 1. The van der Waals surface area contributed by atoms with Gasteiger partial charge in [-0.25, -0.2) is 0 Å². The van der Waals surface area contributed by atoms with Gasteiger partial charge in [0.2, 0.25) is 0 Å². The van der Waals surface area contributed by atoms with Crippen LogP contribution in [0.5, 0.6) is 0 Å². The highest BCUT2D eigenvalue weighted by molar-refractivity contribution is 6.30. The zero-order valence-corrected chi connectivity index (χ0v) is 13.7. The van der Waals surface area contributed by atoms with Crippen molar-refractivity contribution >= 4 is 17.3 Å². The van der Waals surface area contributed by atoms with Crippen LogP contribution in [0, 0.1) is 0 Å². The van der Waals surface area contributed by atoms with Gasteiger partial charge in [-0.2, -0.15) is 0 Å². The monoisotopic (exact) mass is 306 g/mol. The maximum absolute atomic E-state index is 6.33. The molecule has 1 aliphatic heterocycles. The number of halogens is 1. The molecule has 0 amide bonds. The van der Waals surface area contributed by atoms with Crippen molar-refractivity contribution < 1.29 is 0 Å². The maximum Gasteiger partial charge on any atom is 0.0410 e. The smallest absolute Gasteiger partial charge is 0.0410 e. The molecule has 2 N–H and O–H groups in total. The Morgan fingerprint density at radius 2 is 1.67 bits per heavy atom. The van der Waals surface area contributed by atoms with Gasteiger partial charge in [0.15, 0.2) is 0 Å². The quantitative estimate of drug-likeness (QED) is 0.891. The van der Waals surface area contributed by atoms with Crippen LogP contribution in [-0.4, -0.2) is 19.6 Å². The van der Waals surface area contributed by atoms with E-state index >= 15 is 0 Å². The van der Waals surface area contributed by atoms with Gasteiger partial charge in [0.25, 0.3) is 0 Å². The second-order valence-corrected chi connectivity index (χ2v) is 7.19. The molecule has 0 radical (unpaired) electrons. The van der Waals surface area contributed by atoms with Crippen molar-refractivity contribution in [3.8, 4) is 0 Å². The SMILES string of the molecule is NCC1(c2cc(Cl)ccc2N2CCCCC2)CCCCC1. The first-order chi connectivity index (χ1) is 10.2. The number of piperidine rings is 1. The third kappa shape index (κ3) is 3.07. The zero-order valence-electron chi connectivity index (χ0n) is 12.9. The summed E-state index contributed by atoms with van der Waals surface area (Å²) in [5.74, 6) is 0. The van der Waals surface area contributed by atoms with Crippen molar-refractivity contribution in [2.45, 2.75) is 56.8 Å². The predicted molar refractivity (Wildman–Crippen MR) is 91.3 cm³/mol. The summed E-state index contributed by atoms with van der Waals surface area (Å²) in [6.45, 7) is 3.10. The van der Waals surface area contributed by atoms with Crippen molar-refractivity contribution in [1.82, 2.24) is 0 Å². The molecule has 3 heteroatoms. The molecule has 0 unspecified atom stereocenters. The second-order valence-electron chi connectivity index (χ2n) is 6.75. The second kappa shape index (κ2) is 6.58. The van der Waals surface area contributed by atoms with Crippen molar-refractivity contribution in [2.75, 3.05) is 24.5 Å². The van der Waals surface area contributed by atoms with Gasteiger partial charge in [0.1, 0.15) is 0 Å². The molecule has 3 rings (SSSR count). The van der Waals surface area contributed by atoms with E-state index < -0.39 is 0 Å². The fourth-order valence-corrected chi connectivity index (χ4v) is 4.33. The largest absolute Gasteiger partial charge is 0.371 e. The highest BCUT2D eigenvalue weighted by Gasteiger charge is 2.35. The summed E-state index contributed by atoms with van der Waals surface area (Å²) < 4.78 is 0. The zero-order chi connectivity index (χ0) is 14.7. The Labute approximate surface area is 133 Å². The van der Waals surface area contributed by atoms with Gasteiger partial charge in [-0.3, -0.25) is 0 Å². The van der Waals surface area contributed by atoms with E-state index in [1.807, 2.05) is 6.07 Å². The number of nitrogens with two attached hydrogens (primary N) is 1. The third-order valence-electron chi connectivity index (χ3n) is 5.43. The molecule has 21 heavy (non-hydrogen) atoms. The minimum Gasteiger partial charge on any atom is -0.371 e. The summed E-state index contributed by atoms with van der Waals surface area (Å²) in [5, 5.41) is 0.851. The normalized spacial score (nSPS) is 22.3. The molecule has 116 valence electrons. The Balaban J connectivity index is 2.00. The standard InChI is InChI=1S/C18H27ClN2/c19-15-7-8-17(21-11-5-2-6-12-21)16(13-15)18(14-20)9-3-1-4-10-18/h7-8,13H,1-6,9-12,14,20H2. The lowest BCUT2D eigenvalue weighted by atomic mass is 9.69. The Bertz CT molecular complexity index is 474. The molecular formula is C18H27ClN2. The highest BCUT2D eigenvalue weighted by atomic mass is 35.5. The summed E-state index contributed by atoms with van der Waals surface area (Å²) in [6, 6.07) is 6.47. The lowest BCUT2D eigenvalue weighted by Gasteiger charge is -2.41. The van der Waals surface area contributed by atoms with Crippen LogP contribution >= 0.6 is 11.6 Å². The molecule has 0 atom stereocenters. The summed E-state index contributed by atoms with van der Waals surface area (Å²) in [6.07, 6.45) is 10.3. The van der Waals surface area contributed by atoms with E-state index in [-0.39, 0.29) is 5.41 Å². The van der Waals surface area contributed by atoms with E-state index in [1.165, 1.54) is 75.7 Å². The van der Waals surface area contributed by atoms with Crippen LogP contribution in [0.4, 0.5) is 5.69 Å². The lowest BCUT2D eigenvalue weighted by Crippen LogP contribution is -2.40. The first kappa shape index (κ1) is 15.2. The Morgan fingerprint density at radius 1 is 1.00 bits per heavy atom. The predicted octanol–water partition coefficient (Wildman–Crippen LogP) is 4.49. The number of nitrogens with zero attached hydrogens (tertiary/aromatic N) is 1. The average molecular weight is 307 g/mol. The number of rotatable bonds is 3. The first-order valence-electron chi connectivity index (χ1n) is 8.50. The Kier molecular flexibility index (Phi) is 4.75. The fourth-order valence-electron chi connectivity index (χ4n) is 4.16. The van der Waals surface area contributed by atoms with Crippen molar-refractivity contribution in [1.29, 1.82) is 0 Å². The number of hydrogen-bond acceptors (Lipinski definition) is 2. The van der Waals surface area contributed by atoms with Crippen molar-refractivity contribution in [3.05, 3.63) is 28.8 Å². The van der Waals surface area contributed by atoms with E-state index in [2.05, 4.69) is 17.0 Å². The molecule has 1 heterocycles. The van der Waals surface area contributed by atoms with Crippen LogP contribution in [0.2, 0.25) is 5.02 Å². The van der Waals surface area contributed by atoms with Gasteiger partial charge in [0.05, 0.1) is 0 Å². The van der Waals surface area contributed by atoms with Gasteiger partial charge in [-0.15, -0.1) is 0 Å². The molecule has 2 nitrogen and oxygen atoms in total. The van der Waals surface area contributed by atoms with Gasteiger partial charge >= 0.3 is 0 Å². The van der Waals surface area contributed by atoms with E-state index in [0.29, 0.717) is 0 Å². The van der Waals surface area contributed by atoms with Gasteiger partial charge < -0.3 is 10.6 Å². The average Bonchev–Trinajstić information content (AvgIpc) is 2.56. The van der Waals surface area contributed by atoms with Gasteiger partial charge in [-0.05, 0) is 55.9 Å². The summed E-state index contributed by atoms with van der Waals surface area (Å²) >= 11 is 6.33. The molecule has 2 fully saturated rings. The number of benzene rings is 1. The van der Waals surface area contributed by atoms with E-state index in [9.17, 15) is 0 Å². The van der Waals surface area contributed by atoms with E-state index in [1.54, 1.807) is 0 Å². The Morgan fingerprint density at radius 3 is 2.33 bits per heavy atom. The summed E-state index contributed by atoms with van der Waals surface area (Å²) in [5.41, 5.74) is 9.22. The third-order valence-corrected chi connectivity index (χ3v) is 5.66. The molecule has 1 saturated carbocycles. The lowest BCUT2D eigenvalue weighted by molar-refractivity contribution is 0.300. The molecule has 0 bridgehead atoms. The molecule has 1 saturated heterocycles. The molecule has 2 aliphatic rings. The van der Waals surface area contributed by atoms with Crippen LogP contribution in [0.1, 0.15) is 56.9 Å². The van der Waals surface area contributed by atoms with E-state index in [0.717, 1.165) is 11.6 Å². The first-order valence-corrected chi connectivity index (χ1v) is 8.88. The van der Waals surface area contributed by atoms with Crippen LogP contribution in [-0.2, 0) is 5.41 Å². The van der Waals surface area contributed by atoms with Gasteiger partial charge in [0, 0.05) is 35.8 Å². The van der Waals surface area contributed by atoms with Crippen LogP contribution in [0.3, 0.4) is 0 Å². The highest BCUT2D eigenvalue weighted by Crippen LogP contribution is 2.44. The minimum atomic E-state index is 0.149. The summed E-state index contributed by atoms with van der Waals surface area (Å²) in [7, 11) is 0. The molecule has 0 spiro atoms. The molecular weight excluding hydrogens is 280 g/mol. The van der Waals surface area contributed by atoms with Crippen LogP contribution in [0.25, 0.3) is 0 Å². The Hall–Kier alpha value is -0.730. The van der Waals surface area contributed by atoms with Crippen LogP contribution < -0.4 is 10.6 Å². The van der Waals surface area contributed by atoms with Crippen LogP contribution in [0.15, 0.2) is 18.2 Å². The summed E-state index contributed by atoms with van der Waals surface area (Å²) in [4.78, 5) is 2.56.